The minimum absolute atomic E-state index is 0.0242. The molecule has 0 spiro atoms. The SMILES string of the molecule is COc1ccc(CNCC(=O)NCCC(C)C)cc1OC. The van der Waals surface area contributed by atoms with Crippen LogP contribution in [-0.4, -0.2) is 33.2 Å². The molecule has 0 unspecified atom stereocenters. The van der Waals surface area contributed by atoms with E-state index in [1.165, 1.54) is 0 Å². The molecular weight excluding hydrogens is 268 g/mol. The van der Waals surface area contributed by atoms with Gasteiger partial charge in [-0.2, -0.15) is 0 Å². The van der Waals surface area contributed by atoms with E-state index in [9.17, 15) is 4.79 Å². The van der Waals surface area contributed by atoms with Gasteiger partial charge < -0.3 is 20.1 Å². The number of hydrogen-bond donors (Lipinski definition) is 2. The van der Waals surface area contributed by atoms with Crippen LogP contribution in [0.4, 0.5) is 0 Å². The number of nitrogens with one attached hydrogen (secondary N) is 2. The molecule has 0 aliphatic rings. The van der Waals surface area contributed by atoms with Crippen LogP contribution in [-0.2, 0) is 11.3 Å². The molecule has 2 N–H and O–H groups in total. The predicted molar refractivity (Wildman–Crippen MR) is 83.7 cm³/mol. The van der Waals surface area contributed by atoms with Gasteiger partial charge in [0.2, 0.25) is 5.91 Å². The summed E-state index contributed by atoms with van der Waals surface area (Å²) in [6.45, 7) is 5.93. The van der Waals surface area contributed by atoms with Crippen molar-refractivity contribution < 1.29 is 14.3 Å². The Morgan fingerprint density at radius 1 is 1.19 bits per heavy atom. The van der Waals surface area contributed by atoms with Gasteiger partial charge in [-0.05, 0) is 30.0 Å². The zero-order valence-corrected chi connectivity index (χ0v) is 13.4. The lowest BCUT2D eigenvalue weighted by molar-refractivity contribution is -0.120. The molecule has 1 amide bonds. The second-order valence-corrected chi connectivity index (χ2v) is 5.33. The van der Waals surface area contributed by atoms with E-state index >= 15 is 0 Å². The maximum absolute atomic E-state index is 11.6. The highest BCUT2D eigenvalue weighted by molar-refractivity contribution is 5.77. The van der Waals surface area contributed by atoms with Crippen molar-refractivity contribution in [3.8, 4) is 11.5 Å². The summed E-state index contributed by atoms with van der Waals surface area (Å²) in [6.07, 6.45) is 1.00. The van der Waals surface area contributed by atoms with Crippen molar-refractivity contribution in [2.45, 2.75) is 26.8 Å². The van der Waals surface area contributed by atoms with E-state index in [0.717, 1.165) is 18.5 Å². The average Bonchev–Trinajstić information content (AvgIpc) is 2.46. The molecule has 0 aliphatic heterocycles. The third-order valence-electron chi connectivity index (χ3n) is 3.11. The number of carbonyl (C=O) groups excluding carboxylic acids is 1. The first-order valence-electron chi connectivity index (χ1n) is 7.25. The van der Waals surface area contributed by atoms with Crippen LogP contribution < -0.4 is 20.1 Å². The van der Waals surface area contributed by atoms with Gasteiger partial charge in [0.25, 0.3) is 0 Å². The van der Waals surface area contributed by atoms with Crippen LogP contribution >= 0.6 is 0 Å². The highest BCUT2D eigenvalue weighted by Gasteiger charge is 2.05. The Hall–Kier alpha value is -1.75. The van der Waals surface area contributed by atoms with Crippen molar-refractivity contribution in [3.05, 3.63) is 23.8 Å². The average molecular weight is 294 g/mol. The minimum atomic E-state index is 0.0242. The van der Waals surface area contributed by atoms with Gasteiger partial charge >= 0.3 is 0 Å². The molecule has 0 heterocycles. The molecule has 5 nitrogen and oxygen atoms in total. The van der Waals surface area contributed by atoms with Gasteiger partial charge in [0.1, 0.15) is 0 Å². The van der Waals surface area contributed by atoms with Crippen molar-refractivity contribution in [3.63, 3.8) is 0 Å². The normalized spacial score (nSPS) is 10.5. The molecule has 0 radical (unpaired) electrons. The Bertz CT molecular complexity index is 447. The van der Waals surface area contributed by atoms with Crippen LogP contribution in [0, 0.1) is 5.92 Å². The molecule has 118 valence electrons. The van der Waals surface area contributed by atoms with Gasteiger partial charge in [0.05, 0.1) is 20.8 Å². The van der Waals surface area contributed by atoms with Gasteiger partial charge in [-0.3, -0.25) is 4.79 Å². The molecule has 1 aromatic carbocycles. The fourth-order valence-corrected chi connectivity index (χ4v) is 1.87. The van der Waals surface area contributed by atoms with Crippen molar-refractivity contribution >= 4 is 5.91 Å². The van der Waals surface area contributed by atoms with E-state index in [0.29, 0.717) is 30.5 Å². The lowest BCUT2D eigenvalue weighted by atomic mass is 10.1. The van der Waals surface area contributed by atoms with Gasteiger partial charge in [0.15, 0.2) is 11.5 Å². The summed E-state index contributed by atoms with van der Waals surface area (Å²) in [5, 5.41) is 6.01. The molecule has 0 atom stereocenters. The van der Waals surface area contributed by atoms with Gasteiger partial charge in [-0.25, -0.2) is 0 Å². The lowest BCUT2D eigenvalue weighted by Crippen LogP contribution is -2.34. The zero-order valence-electron chi connectivity index (χ0n) is 13.4. The molecule has 0 bridgehead atoms. The summed E-state index contributed by atoms with van der Waals surface area (Å²) in [5.41, 5.74) is 1.04. The topological polar surface area (TPSA) is 59.6 Å². The maximum atomic E-state index is 11.6. The Morgan fingerprint density at radius 3 is 2.52 bits per heavy atom. The monoisotopic (exact) mass is 294 g/mol. The van der Waals surface area contributed by atoms with Crippen LogP contribution in [0.25, 0.3) is 0 Å². The zero-order chi connectivity index (χ0) is 15.7. The molecule has 0 fully saturated rings. The first kappa shape index (κ1) is 17.3. The van der Waals surface area contributed by atoms with Crippen LogP contribution in [0.5, 0.6) is 11.5 Å². The number of rotatable bonds is 9. The van der Waals surface area contributed by atoms with E-state index < -0.39 is 0 Å². The Morgan fingerprint density at radius 2 is 1.90 bits per heavy atom. The van der Waals surface area contributed by atoms with Crippen molar-refractivity contribution in [2.24, 2.45) is 5.92 Å². The molecule has 0 saturated carbocycles. The first-order valence-corrected chi connectivity index (χ1v) is 7.25. The second kappa shape index (κ2) is 9.23. The molecule has 0 saturated heterocycles. The van der Waals surface area contributed by atoms with Crippen LogP contribution in [0.15, 0.2) is 18.2 Å². The predicted octanol–water partition coefficient (Wildman–Crippen LogP) is 1.96. The fourth-order valence-electron chi connectivity index (χ4n) is 1.87. The second-order valence-electron chi connectivity index (χ2n) is 5.33. The van der Waals surface area contributed by atoms with Crippen LogP contribution in [0.2, 0.25) is 0 Å². The minimum Gasteiger partial charge on any atom is -0.493 e. The Balaban J connectivity index is 2.33. The third kappa shape index (κ3) is 6.49. The number of hydrogen-bond acceptors (Lipinski definition) is 4. The Labute approximate surface area is 127 Å². The van der Waals surface area contributed by atoms with E-state index in [2.05, 4.69) is 24.5 Å². The van der Waals surface area contributed by atoms with Gasteiger partial charge in [-0.1, -0.05) is 19.9 Å². The summed E-state index contributed by atoms with van der Waals surface area (Å²) in [7, 11) is 3.22. The number of amides is 1. The summed E-state index contributed by atoms with van der Waals surface area (Å²) in [6, 6.07) is 5.71. The molecular formula is C16H26N2O3. The highest BCUT2D eigenvalue weighted by Crippen LogP contribution is 2.27. The molecule has 0 aromatic heterocycles. The van der Waals surface area contributed by atoms with Gasteiger partial charge in [0, 0.05) is 13.1 Å². The van der Waals surface area contributed by atoms with E-state index in [4.69, 9.17) is 9.47 Å². The number of methoxy groups -OCH3 is 2. The molecule has 0 aliphatic carbocycles. The summed E-state index contributed by atoms with van der Waals surface area (Å²) in [4.78, 5) is 11.6. The fraction of sp³-hybridized carbons (Fsp3) is 0.562. The van der Waals surface area contributed by atoms with Crippen LogP contribution in [0.3, 0.4) is 0 Å². The Kier molecular flexibility index (Phi) is 7.61. The molecule has 21 heavy (non-hydrogen) atoms. The van der Waals surface area contributed by atoms with E-state index in [1.54, 1.807) is 14.2 Å². The number of ether oxygens (including phenoxy) is 2. The molecule has 1 aromatic rings. The highest BCUT2D eigenvalue weighted by atomic mass is 16.5. The van der Waals surface area contributed by atoms with Crippen LogP contribution in [0.1, 0.15) is 25.8 Å². The lowest BCUT2D eigenvalue weighted by Gasteiger charge is -2.11. The largest absolute Gasteiger partial charge is 0.493 e. The summed E-state index contributed by atoms with van der Waals surface area (Å²) in [5.74, 6) is 2.02. The van der Waals surface area contributed by atoms with E-state index in [-0.39, 0.29) is 5.91 Å². The number of carbonyl (C=O) groups is 1. The third-order valence-corrected chi connectivity index (χ3v) is 3.11. The van der Waals surface area contributed by atoms with Crippen molar-refractivity contribution in [2.75, 3.05) is 27.3 Å². The summed E-state index contributed by atoms with van der Waals surface area (Å²) >= 11 is 0. The maximum Gasteiger partial charge on any atom is 0.233 e. The molecule has 5 heteroatoms. The number of benzene rings is 1. The smallest absolute Gasteiger partial charge is 0.233 e. The quantitative estimate of drug-likeness (QED) is 0.731. The van der Waals surface area contributed by atoms with Crippen molar-refractivity contribution in [1.29, 1.82) is 0 Å². The van der Waals surface area contributed by atoms with Gasteiger partial charge in [-0.15, -0.1) is 0 Å². The summed E-state index contributed by atoms with van der Waals surface area (Å²) < 4.78 is 10.4. The molecule has 1 rings (SSSR count). The van der Waals surface area contributed by atoms with E-state index in [1.807, 2.05) is 18.2 Å². The van der Waals surface area contributed by atoms with Crippen molar-refractivity contribution in [1.82, 2.24) is 10.6 Å². The standard InChI is InChI=1S/C16H26N2O3/c1-12(2)7-8-18-16(19)11-17-10-13-5-6-14(20-3)15(9-13)21-4/h5-6,9,12,17H,7-8,10-11H2,1-4H3,(H,18,19). The first-order chi connectivity index (χ1) is 10.1.